The van der Waals surface area contributed by atoms with Crippen molar-refractivity contribution >= 4 is 23.2 Å². The maximum absolute atomic E-state index is 12.0. The minimum atomic E-state index is 0.0326. The average Bonchev–Trinajstić information content (AvgIpc) is 2.83. The predicted molar refractivity (Wildman–Crippen MR) is 96.2 cm³/mol. The van der Waals surface area contributed by atoms with Gasteiger partial charge in [0.15, 0.2) is 5.82 Å². The topological polar surface area (TPSA) is 59.8 Å². The van der Waals surface area contributed by atoms with Gasteiger partial charge in [0.25, 0.3) is 0 Å². The minimum absolute atomic E-state index is 0.0326. The number of unbranched alkanes of at least 4 members (excludes halogenated alkanes) is 1. The Hall–Kier alpha value is -1.88. The normalized spacial score (nSPS) is 14.1. The molecule has 3 rings (SSSR count). The van der Waals surface area contributed by atoms with Gasteiger partial charge in [0.1, 0.15) is 5.82 Å². The van der Waals surface area contributed by atoms with Crippen LogP contribution in [0.1, 0.15) is 51.3 Å². The van der Waals surface area contributed by atoms with Crippen LogP contribution in [-0.4, -0.2) is 20.7 Å². The monoisotopic (exact) mass is 346 g/mol. The van der Waals surface area contributed by atoms with Crippen molar-refractivity contribution in [3.8, 4) is 11.4 Å². The first-order chi connectivity index (χ1) is 11.7. The fourth-order valence-electron chi connectivity index (χ4n) is 3.02. The Bertz CT molecular complexity index is 726. The molecule has 5 nitrogen and oxygen atoms in total. The van der Waals surface area contributed by atoms with Crippen molar-refractivity contribution in [2.75, 3.05) is 5.32 Å². The molecule has 0 radical (unpaired) electrons. The number of anilines is 1. The quantitative estimate of drug-likeness (QED) is 0.869. The maximum atomic E-state index is 12.0. The molecule has 0 bridgehead atoms. The van der Waals surface area contributed by atoms with Gasteiger partial charge in [-0.1, -0.05) is 31.4 Å². The highest BCUT2D eigenvalue weighted by atomic mass is 35.5. The van der Waals surface area contributed by atoms with Gasteiger partial charge in [0, 0.05) is 30.6 Å². The number of carbonyl (C=O) groups is 1. The Kier molecular flexibility index (Phi) is 5.51. The number of benzene rings is 1. The highest BCUT2D eigenvalue weighted by Crippen LogP contribution is 2.31. The Morgan fingerprint density at radius 3 is 3.00 bits per heavy atom. The van der Waals surface area contributed by atoms with Crippen LogP contribution >= 0.6 is 11.6 Å². The number of amides is 1. The summed E-state index contributed by atoms with van der Waals surface area (Å²) in [5.41, 5.74) is 1.58. The van der Waals surface area contributed by atoms with Crippen molar-refractivity contribution in [3.63, 3.8) is 0 Å². The van der Waals surface area contributed by atoms with E-state index in [2.05, 4.69) is 27.0 Å². The van der Waals surface area contributed by atoms with Crippen molar-refractivity contribution < 1.29 is 4.79 Å². The summed E-state index contributed by atoms with van der Waals surface area (Å²) in [6, 6.07) is 5.54. The molecule has 1 amide bonds. The van der Waals surface area contributed by atoms with Gasteiger partial charge >= 0.3 is 0 Å². The standard InChI is InChI=1S/C18H23ClN4O/c1-2-3-8-17(24)20-13-9-10-15(19)14(12-13)18-22-21-16-7-5-4-6-11-23(16)18/h9-10,12H,2-8,11H2,1H3,(H,20,24). The van der Waals surface area contributed by atoms with E-state index < -0.39 is 0 Å². The first kappa shape index (κ1) is 17.0. The molecular formula is C18H23ClN4O. The van der Waals surface area contributed by atoms with Crippen molar-refractivity contribution in [1.82, 2.24) is 14.8 Å². The van der Waals surface area contributed by atoms with Crippen LogP contribution < -0.4 is 5.32 Å². The molecule has 0 saturated carbocycles. The third-order valence-corrected chi connectivity index (χ3v) is 4.69. The second-order valence-corrected chi connectivity index (χ2v) is 6.66. The number of fused-ring (bicyclic) bond motifs is 1. The van der Waals surface area contributed by atoms with E-state index in [4.69, 9.17) is 11.6 Å². The van der Waals surface area contributed by atoms with E-state index in [-0.39, 0.29) is 5.91 Å². The Balaban J connectivity index is 1.87. The molecular weight excluding hydrogens is 324 g/mol. The van der Waals surface area contributed by atoms with Crippen molar-refractivity contribution in [3.05, 3.63) is 29.0 Å². The van der Waals surface area contributed by atoms with Crippen LogP contribution in [0.5, 0.6) is 0 Å². The molecule has 6 heteroatoms. The van der Waals surface area contributed by atoms with Gasteiger partial charge in [0.05, 0.1) is 5.02 Å². The van der Waals surface area contributed by atoms with Crippen LogP contribution in [0.2, 0.25) is 5.02 Å². The Labute approximate surface area is 147 Å². The van der Waals surface area contributed by atoms with Crippen LogP contribution in [0.15, 0.2) is 18.2 Å². The zero-order valence-corrected chi connectivity index (χ0v) is 14.8. The van der Waals surface area contributed by atoms with E-state index in [1.807, 2.05) is 18.2 Å². The van der Waals surface area contributed by atoms with Crippen LogP contribution in [0.3, 0.4) is 0 Å². The van der Waals surface area contributed by atoms with Gasteiger partial charge in [-0.3, -0.25) is 4.79 Å². The first-order valence-electron chi connectivity index (χ1n) is 8.71. The van der Waals surface area contributed by atoms with Gasteiger partial charge in [-0.05, 0) is 37.5 Å². The molecule has 24 heavy (non-hydrogen) atoms. The SMILES string of the molecule is CCCCC(=O)Nc1ccc(Cl)c(-c2nnc3n2CCCCC3)c1. The molecule has 0 spiro atoms. The van der Waals surface area contributed by atoms with Crippen molar-refractivity contribution in [2.45, 2.75) is 58.4 Å². The summed E-state index contributed by atoms with van der Waals surface area (Å²) in [6.07, 6.45) is 6.88. The summed E-state index contributed by atoms with van der Waals surface area (Å²) in [5.74, 6) is 1.85. The summed E-state index contributed by atoms with van der Waals surface area (Å²) < 4.78 is 2.16. The molecule has 0 atom stereocenters. The van der Waals surface area contributed by atoms with Gasteiger partial charge in [-0.15, -0.1) is 10.2 Å². The molecule has 128 valence electrons. The number of hydrogen-bond acceptors (Lipinski definition) is 3. The molecule has 1 aliphatic rings. The molecule has 1 aromatic carbocycles. The van der Waals surface area contributed by atoms with Crippen molar-refractivity contribution in [2.24, 2.45) is 0 Å². The second kappa shape index (κ2) is 7.79. The lowest BCUT2D eigenvalue weighted by Crippen LogP contribution is -2.11. The van der Waals surface area contributed by atoms with E-state index >= 15 is 0 Å². The zero-order chi connectivity index (χ0) is 16.9. The number of rotatable bonds is 5. The van der Waals surface area contributed by atoms with Gasteiger partial charge in [-0.2, -0.15) is 0 Å². The molecule has 0 unspecified atom stereocenters. The van der Waals surface area contributed by atoms with E-state index in [0.29, 0.717) is 11.4 Å². The van der Waals surface area contributed by atoms with E-state index in [9.17, 15) is 4.79 Å². The smallest absolute Gasteiger partial charge is 0.224 e. The van der Waals surface area contributed by atoms with Gasteiger partial charge in [0.2, 0.25) is 5.91 Å². The minimum Gasteiger partial charge on any atom is -0.326 e. The Morgan fingerprint density at radius 1 is 1.29 bits per heavy atom. The lowest BCUT2D eigenvalue weighted by atomic mass is 10.1. The summed E-state index contributed by atoms with van der Waals surface area (Å²) in [5, 5.41) is 12.3. The highest BCUT2D eigenvalue weighted by Gasteiger charge is 2.18. The number of hydrogen-bond donors (Lipinski definition) is 1. The lowest BCUT2D eigenvalue weighted by molar-refractivity contribution is -0.116. The molecule has 2 aromatic rings. The zero-order valence-electron chi connectivity index (χ0n) is 14.0. The van der Waals surface area contributed by atoms with E-state index in [0.717, 1.165) is 61.5 Å². The average molecular weight is 347 g/mol. The first-order valence-corrected chi connectivity index (χ1v) is 9.08. The molecule has 1 aliphatic heterocycles. The lowest BCUT2D eigenvalue weighted by Gasteiger charge is -2.11. The third-order valence-electron chi connectivity index (χ3n) is 4.36. The maximum Gasteiger partial charge on any atom is 0.224 e. The molecule has 2 heterocycles. The number of aryl methyl sites for hydroxylation is 1. The number of aromatic nitrogens is 3. The predicted octanol–water partition coefficient (Wildman–Crippen LogP) is 4.45. The number of carbonyl (C=O) groups excluding carboxylic acids is 1. The fourth-order valence-corrected chi connectivity index (χ4v) is 3.22. The largest absolute Gasteiger partial charge is 0.326 e. The number of nitrogens with one attached hydrogen (secondary N) is 1. The second-order valence-electron chi connectivity index (χ2n) is 6.25. The summed E-state index contributed by atoms with van der Waals surface area (Å²) >= 11 is 6.40. The Morgan fingerprint density at radius 2 is 2.17 bits per heavy atom. The molecule has 0 fully saturated rings. The van der Waals surface area contributed by atoms with Gasteiger partial charge < -0.3 is 9.88 Å². The van der Waals surface area contributed by atoms with Crippen LogP contribution in [-0.2, 0) is 17.8 Å². The molecule has 0 aliphatic carbocycles. The number of nitrogens with zero attached hydrogens (tertiary/aromatic N) is 3. The fraction of sp³-hybridized carbons (Fsp3) is 0.500. The summed E-state index contributed by atoms with van der Waals surface area (Å²) in [4.78, 5) is 12.0. The van der Waals surface area contributed by atoms with Crippen LogP contribution in [0.25, 0.3) is 11.4 Å². The van der Waals surface area contributed by atoms with Crippen molar-refractivity contribution in [1.29, 1.82) is 0 Å². The molecule has 1 aromatic heterocycles. The van der Waals surface area contributed by atoms with E-state index in [1.165, 1.54) is 6.42 Å². The molecule has 0 saturated heterocycles. The van der Waals surface area contributed by atoms with E-state index in [1.54, 1.807) is 0 Å². The van der Waals surface area contributed by atoms with Gasteiger partial charge in [-0.25, -0.2) is 0 Å². The summed E-state index contributed by atoms with van der Waals surface area (Å²) in [6.45, 7) is 2.99. The summed E-state index contributed by atoms with van der Waals surface area (Å²) in [7, 11) is 0. The number of halogens is 1. The highest BCUT2D eigenvalue weighted by molar-refractivity contribution is 6.33. The van der Waals surface area contributed by atoms with Crippen LogP contribution in [0, 0.1) is 0 Å². The molecule has 1 N–H and O–H groups in total. The third kappa shape index (κ3) is 3.78. The van der Waals surface area contributed by atoms with Crippen LogP contribution in [0.4, 0.5) is 5.69 Å².